The Morgan fingerprint density at radius 1 is 1.80 bits per heavy atom. The van der Waals surface area contributed by atoms with Gasteiger partial charge in [-0.1, -0.05) is 0 Å². The third-order valence-electron chi connectivity index (χ3n) is 0.861. The minimum atomic E-state index is -2.33. The molecule has 0 aromatic heterocycles. The van der Waals surface area contributed by atoms with E-state index in [-0.39, 0.29) is 24.4 Å². The fraction of sp³-hybridized carbons (Fsp3) is 0.800. The lowest BCUT2D eigenvalue weighted by Crippen LogP contribution is -2.20. The van der Waals surface area contributed by atoms with Crippen molar-refractivity contribution in [1.29, 1.82) is 0 Å². The first-order valence-electron chi connectivity index (χ1n) is 2.93. The Balaban J connectivity index is 3.54. The molecule has 0 radical (unpaired) electrons. The highest BCUT2D eigenvalue weighted by atomic mass is 31.1. The van der Waals surface area contributed by atoms with E-state index in [9.17, 15) is 9.36 Å². The molecule has 0 aliphatic heterocycles. The van der Waals surface area contributed by atoms with Crippen LogP contribution in [0.25, 0.3) is 0 Å². The highest BCUT2D eigenvalue weighted by molar-refractivity contribution is 7.39. The number of carbonyl (C=O) groups excluding carboxylic acids is 1. The van der Waals surface area contributed by atoms with E-state index in [0.29, 0.717) is 0 Å². The minimum Gasteiger partial charge on any atom is -0.328 e. The predicted molar refractivity (Wildman–Crippen MR) is 38.0 cm³/mol. The molecule has 0 heterocycles. The van der Waals surface area contributed by atoms with Crippen LogP contribution in [-0.4, -0.2) is 22.9 Å². The fourth-order valence-electron chi connectivity index (χ4n) is 0.575. The summed E-state index contributed by atoms with van der Waals surface area (Å²) in [4.78, 5) is 18.9. The Morgan fingerprint density at radius 2 is 2.30 bits per heavy atom. The summed E-state index contributed by atoms with van der Waals surface area (Å²) in [5.74, 6) is -0.251. The zero-order chi connectivity index (χ0) is 8.15. The molecule has 5 heteroatoms. The van der Waals surface area contributed by atoms with Crippen molar-refractivity contribution in [3.63, 3.8) is 0 Å². The summed E-state index contributed by atoms with van der Waals surface area (Å²) in [5.41, 5.74) is 5.27. The van der Waals surface area contributed by atoms with Gasteiger partial charge in [0.15, 0.2) is 5.78 Å². The zero-order valence-corrected chi connectivity index (χ0v) is 6.67. The number of ketones is 1. The van der Waals surface area contributed by atoms with Crippen LogP contribution in [0.2, 0.25) is 0 Å². The molecule has 4 nitrogen and oxygen atoms in total. The van der Waals surface area contributed by atoms with Gasteiger partial charge in [-0.05, 0) is 11.5 Å². The molecular weight excluding hydrogens is 153 g/mol. The summed E-state index contributed by atoms with van der Waals surface area (Å²) < 4.78 is 10.1. The number of hydrogen-bond donors (Lipinski definition) is 2. The van der Waals surface area contributed by atoms with E-state index in [1.54, 1.807) is 6.92 Å². The summed E-state index contributed by atoms with van der Waals surface area (Å²) in [6.45, 7) is 1.68. The van der Waals surface area contributed by atoms with Crippen LogP contribution >= 0.6 is 8.03 Å². The van der Waals surface area contributed by atoms with E-state index in [1.807, 2.05) is 0 Å². The first-order valence-corrected chi connectivity index (χ1v) is 4.33. The second-order valence-corrected chi connectivity index (χ2v) is 3.25. The van der Waals surface area contributed by atoms with Gasteiger partial charge >= 0.3 is 8.03 Å². The Hall–Kier alpha value is -0.310. The monoisotopic (exact) mass is 164 g/mol. The number of carbonyl (C=O) groups is 1. The van der Waals surface area contributed by atoms with Gasteiger partial charge in [0, 0.05) is 12.5 Å². The van der Waals surface area contributed by atoms with Gasteiger partial charge in [0.25, 0.3) is 0 Å². The van der Waals surface area contributed by atoms with Crippen LogP contribution in [0.4, 0.5) is 0 Å². The van der Waals surface area contributed by atoms with Gasteiger partial charge in [-0.3, -0.25) is 4.79 Å². The standard InChI is InChI=1S/C5H10NO3P/c1-4(6)2-5(7)3-10(8)9/h4H,2-3,6H2,1H3/p+1/t4-/m1/s1. The molecule has 2 atom stereocenters. The average Bonchev–Trinajstić information content (AvgIpc) is 1.58. The Labute approximate surface area is 60.3 Å². The summed E-state index contributed by atoms with van der Waals surface area (Å²) >= 11 is 0. The van der Waals surface area contributed by atoms with Crippen LogP contribution in [0.3, 0.4) is 0 Å². The molecule has 0 amide bonds. The lowest BCUT2D eigenvalue weighted by molar-refractivity contribution is -0.116. The van der Waals surface area contributed by atoms with Gasteiger partial charge in [0.1, 0.15) is 0 Å². The van der Waals surface area contributed by atoms with E-state index in [4.69, 9.17) is 10.6 Å². The van der Waals surface area contributed by atoms with Crippen molar-refractivity contribution in [1.82, 2.24) is 0 Å². The summed E-state index contributed by atoms with van der Waals surface area (Å²) in [6.07, 6.45) is -0.0848. The quantitative estimate of drug-likeness (QED) is 0.574. The number of nitrogens with two attached hydrogens (primary N) is 1. The van der Waals surface area contributed by atoms with Crippen molar-refractivity contribution in [2.24, 2.45) is 5.73 Å². The predicted octanol–water partition coefficient (Wildman–Crippen LogP) is 0.0275. The fourth-order valence-corrected chi connectivity index (χ4v) is 1.01. The highest BCUT2D eigenvalue weighted by Crippen LogP contribution is 2.12. The molecule has 0 aromatic carbocycles. The van der Waals surface area contributed by atoms with E-state index >= 15 is 0 Å². The number of hydrogen-bond acceptors (Lipinski definition) is 3. The molecule has 3 N–H and O–H groups in total. The average molecular weight is 164 g/mol. The summed E-state index contributed by atoms with van der Waals surface area (Å²) in [5, 5.41) is 0. The largest absolute Gasteiger partial charge is 0.513 e. The van der Waals surface area contributed by atoms with Crippen LogP contribution in [0, 0.1) is 0 Å². The second-order valence-electron chi connectivity index (χ2n) is 2.23. The van der Waals surface area contributed by atoms with Gasteiger partial charge in [-0.15, -0.1) is 0 Å². The molecule has 0 bridgehead atoms. The molecule has 0 aliphatic carbocycles. The lowest BCUT2D eigenvalue weighted by Gasteiger charge is -1.97. The van der Waals surface area contributed by atoms with E-state index in [1.165, 1.54) is 0 Å². The molecule has 0 aromatic rings. The normalized spacial score (nSPS) is 14.5. The van der Waals surface area contributed by atoms with E-state index in [0.717, 1.165) is 0 Å². The van der Waals surface area contributed by atoms with Crippen molar-refractivity contribution < 1.29 is 14.3 Å². The molecule has 1 unspecified atom stereocenters. The smallest absolute Gasteiger partial charge is 0.328 e. The molecule has 10 heavy (non-hydrogen) atoms. The molecule has 0 saturated heterocycles. The topological polar surface area (TPSA) is 80.4 Å². The molecule has 0 fully saturated rings. The van der Waals surface area contributed by atoms with E-state index < -0.39 is 8.03 Å². The van der Waals surface area contributed by atoms with Gasteiger partial charge in [0.2, 0.25) is 6.16 Å². The summed E-state index contributed by atoms with van der Waals surface area (Å²) in [7, 11) is -2.33. The first-order chi connectivity index (χ1) is 4.52. The Kier molecular flexibility index (Phi) is 4.36. The zero-order valence-electron chi connectivity index (χ0n) is 5.78. The highest BCUT2D eigenvalue weighted by Gasteiger charge is 2.18. The van der Waals surface area contributed by atoms with Crippen molar-refractivity contribution >= 4 is 13.8 Å². The second kappa shape index (κ2) is 4.50. The van der Waals surface area contributed by atoms with Crippen molar-refractivity contribution in [2.45, 2.75) is 19.4 Å². The maximum Gasteiger partial charge on any atom is 0.513 e. The van der Waals surface area contributed by atoms with Gasteiger partial charge in [0.05, 0.1) is 0 Å². The van der Waals surface area contributed by atoms with Gasteiger partial charge < -0.3 is 5.73 Å². The third-order valence-corrected chi connectivity index (χ3v) is 1.48. The van der Waals surface area contributed by atoms with Crippen molar-refractivity contribution in [2.75, 3.05) is 6.16 Å². The molecule has 0 rings (SSSR count). The van der Waals surface area contributed by atoms with Crippen LogP contribution < -0.4 is 5.73 Å². The molecular formula is C5H11NO3P+. The Morgan fingerprint density at radius 3 is 2.60 bits per heavy atom. The SMILES string of the molecule is C[C@@H](N)CC(=O)C[P+](=O)O. The maximum atomic E-state index is 10.6. The molecule has 0 saturated carbocycles. The Bertz CT molecular complexity index is 146. The minimum absolute atomic E-state index is 0.182. The number of rotatable bonds is 4. The summed E-state index contributed by atoms with van der Waals surface area (Å²) in [6, 6.07) is -0.220. The number of Topliss-reactive ketones (excluding diaryl/α,β-unsaturated/α-hetero) is 1. The van der Waals surface area contributed by atoms with Gasteiger partial charge in [-0.25, -0.2) is 0 Å². The van der Waals surface area contributed by atoms with E-state index in [2.05, 4.69) is 0 Å². The molecule has 58 valence electrons. The lowest BCUT2D eigenvalue weighted by atomic mass is 10.2. The van der Waals surface area contributed by atoms with Crippen LogP contribution in [0.1, 0.15) is 13.3 Å². The maximum absolute atomic E-state index is 10.6. The molecule has 0 spiro atoms. The van der Waals surface area contributed by atoms with Gasteiger partial charge in [-0.2, -0.15) is 4.89 Å². The van der Waals surface area contributed by atoms with Crippen molar-refractivity contribution in [3.8, 4) is 0 Å². The van der Waals surface area contributed by atoms with Crippen LogP contribution in [0.5, 0.6) is 0 Å². The first kappa shape index (κ1) is 9.69. The van der Waals surface area contributed by atoms with Crippen LogP contribution in [0.15, 0.2) is 0 Å². The third kappa shape index (κ3) is 5.82. The molecule has 0 aliphatic rings. The van der Waals surface area contributed by atoms with Crippen molar-refractivity contribution in [3.05, 3.63) is 0 Å². The van der Waals surface area contributed by atoms with Crippen LogP contribution in [-0.2, 0) is 9.36 Å².